The Bertz CT molecular complexity index is 428. The van der Waals surface area contributed by atoms with E-state index in [2.05, 4.69) is 5.32 Å². The molecule has 0 aliphatic heterocycles. The zero-order valence-corrected chi connectivity index (χ0v) is 12.0. The Morgan fingerprint density at radius 3 is 2.35 bits per heavy atom. The van der Waals surface area contributed by atoms with Crippen molar-refractivity contribution in [3.63, 3.8) is 0 Å². The van der Waals surface area contributed by atoms with Gasteiger partial charge in [-0.3, -0.25) is 0 Å². The van der Waals surface area contributed by atoms with Gasteiger partial charge in [-0.1, -0.05) is 39.3 Å². The molecule has 0 aliphatic carbocycles. The van der Waals surface area contributed by atoms with Crippen LogP contribution in [0.25, 0.3) is 0 Å². The second-order valence-electron chi connectivity index (χ2n) is 5.01. The van der Waals surface area contributed by atoms with E-state index in [1.165, 1.54) is 12.1 Å². The third-order valence-electron chi connectivity index (χ3n) is 3.41. The van der Waals surface area contributed by atoms with Crippen molar-refractivity contribution in [1.29, 1.82) is 0 Å². The lowest BCUT2D eigenvalue weighted by Gasteiger charge is -2.26. The first-order valence-corrected chi connectivity index (χ1v) is 6.91. The molecule has 1 N–H and O–H groups in total. The maximum Gasteiger partial charge on any atom is 0.419 e. The lowest BCUT2D eigenvalue weighted by atomic mass is 9.89. The first-order valence-electron chi connectivity index (χ1n) is 6.91. The van der Waals surface area contributed by atoms with Gasteiger partial charge < -0.3 is 5.32 Å². The van der Waals surface area contributed by atoms with Gasteiger partial charge in [0.1, 0.15) is 5.82 Å². The van der Waals surface area contributed by atoms with E-state index in [0.29, 0.717) is 6.54 Å². The van der Waals surface area contributed by atoms with Gasteiger partial charge in [0.15, 0.2) is 0 Å². The predicted molar refractivity (Wildman–Crippen MR) is 71.9 cm³/mol. The Labute approximate surface area is 117 Å². The molecule has 0 aliphatic rings. The Morgan fingerprint density at radius 1 is 1.20 bits per heavy atom. The zero-order chi connectivity index (χ0) is 15.3. The summed E-state index contributed by atoms with van der Waals surface area (Å²) in [6.45, 7) is 6.37. The standard InChI is InChI=1S/C15H21F4N/c1-4-7-10(3)14(20-5-2)11-8-6-9-12(13(11)16)15(17,18)19/h6,8-10,14,20H,4-5,7H2,1-3H3. The molecule has 2 atom stereocenters. The van der Waals surface area contributed by atoms with Gasteiger partial charge in [0.2, 0.25) is 0 Å². The van der Waals surface area contributed by atoms with Crippen LogP contribution in [-0.4, -0.2) is 6.54 Å². The minimum Gasteiger partial charge on any atom is -0.310 e. The van der Waals surface area contributed by atoms with Gasteiger partial charge in [-0.25, -0.2) is 4.39 Å². The van der Waals surface area contributed by atoms with Crippen LogP contribution in [0.2, 0.25) is 0 Å². The highest BCUT2D eigenvalue weighted by Crippen LogP contribution is 2.36. The highest BCUT2D eigenvalue weighted by molar-refractivity contribution is 5.30. The Balaban J connectivity index is 3.20. The molecule has 20 heavy (non-hydrogen) atoms. The summed E-state index contributed by atoms with van der Waals surface area (Å²) < 4.78 is 52.5. The lowest BCUT2D eigenvalue weighted by molar-refractivity contribution is -0.140. The molecule has 0 aromatic heterocycles. The number of hydrogen-bond acceptors (Lipinski definition) is 1. The summed E-state index contributed by atoms with van der Waals surface area (Å²) in [6.07, 6.45) is -2.93. The molecule has 1 aromatic carbocycles. The van der Waals surface area contributed by atoms with Crippen LogP contribution in [0.4, 0.5) is 17.6 Å². The second-order valence-corrected chi connectivity index (χ2v) is 5.01. The van der Waals surface area contributed by atoms with E-state index in [-0.39, 0.29) is 11.5 Å². The van der Waals surface area contributed by atoms with Gasteiger partial charge in [0.05, 0.1) is 5.56 Å². The molecule has 1 nitrogen and oxygen atoms in total. The second kappa shape index (κ2) is 7.07. The zero-order valence-electron chi connectivity index (χ0n) is 12.0. The van der Waals surface area contributed by atoms with Gasteiger partial charge in [-0.15, -0.1) is 0 Å². The van der Waals surface area contributed by atoms with Crippen molar-refractivity contribution in [2.45, 2.75) is 45.8 Å². The van der Waals surface area contributed by atoms with Crippen molar-refractivity contribution >= 4 is 0 Å². The quantitative estimate of drug-likeness (QED) is 0.733. The molecule has 0 fully saturated rings. The number of alkyl halides is 3. The smallest absolute Gasteiger partial charge is 0.310 e. The molecule has 0 saturated carbocycles. The summed E-state index contributed by atoms with van der Waals surface area (Å²) in [5.74, 6) is -1.09. The van der Waals surface area contributed by atoms with E-state index in [9.17, 15) is 17.6 Å². The van der Waals surface area contributed by atoms with E-state index < -0.39 is 23.6 Å². The average Bonchev–Trinajstić information content (AvgIpc) is 2.35. The number of hydrogen-bond donors (Lipinski definition) is 1. The van der Waals surface area contributed by atoms with Crippen LogP contribution in [0.5, 0.6) is 0 Å². The molecular weight excluding hydrogens is 270 g/mol. The molecule has 1 aromatic rings. The van der Waals surface area contributed by atoms with Crippen LogP contribution in [0.3, 0.4) is 0 Å². The largest absolute Gasteiger partial charge is 0.419 e. The molecule has 0 spiro atoms. The van der Waals surface area contributed by atoms with Crippen LogP contribution in [0.1, 0.15) is 50.8 Å². The average molecular weight is 291 g/mol. The van der Waals surface area contributed by atoms with E-state index in [0.717, 1.165) is 18.9 Å². The molecule has 0 saturated heterocycles. The SMILES string of the molecule is CCCC(C)C(NCC)c1cccc(C(F)(F)F)c1F. The molecule has 5 heteroatoms. The third kappa shape index (κ3) is 3.95. The molecule has 114 valence electrons. The van der Waals surface area contributed by atoms with Crippen LogP contribution in [0, 0.1) is 11.7 Å². The van der Waals surface area contributed by atoms with Crippen LogP contribution in [0.15, 0.2) is 18.2 Å². The van der Waals surface area contributed by atoms with E-state index >= 15 is 0 Å². The van der Waals surface area contributed by atoms with Crippen molar-refractivity contribution in [3.05, 3.63) is 35.1 Å². The molecule has 0 heterocycles. The van der Waals surface area contributed by atoms with Crippen LogP contribution < -0.4 is 5.32 Å². The van der Waals surface area contributed by atoms with Crippen molar-refractivity contribution < 1.29 is 17.6 Å². The van der Waals surface area contributed by atoms with Crippen molar-refractivity contribution in [2.24, 2.45) is 5.92 Å². The van der Waals surface area contributed by atoms with E-state index in [4.69, 9.17) is 0 Å². The first kappa shape index (κ1) is 17.0. The number of nitrogens with one attached hydrogen (secondary N) is 1. The van der Waals surface area contributed by atoms with Crippen molar-refractivity contribution in [3.8, 4) is 0 Å². The van der Waals surface area contributed by atoms with Gasteiger partial charge in [0.25, 0.3) is 0 Å². The summed E-state index contributed by atoms with van der Waals surface area (Å²) in [4.78, 5) is 0. The molecular formula is C15H21F4N. The van der Waals surface area contributed by atoms with Crippen molar-refractivity contribution in [1.82, 2.24) is 5.32 Å². The number of rotatable bonds is 6. The Kier molecular flexibility index (Phi) is 5.99. The summed E-state index contributed by atoms with van der Waals surface area (Å²) >= 11 is 0. The predicted octanol–water partition coefficient (Wildman–Crippen LogP) is 4.93. The van der Waals surface area contributed by atoms with Gasteiger partial charge in [0, 0.05) is 11.6 Å². The van der Waals surface area contributed by atoms with Crippen LogP contribution in [-0.2, 0) is 6.18 Å². The monoisotopic (exact) mass is 291 g/mol. The third-order valence-corrected chi connectivity index (χ3v) is 3.41. The highest BCUT2D eigenvalue weighted by atomic mass is 19.4. The fraction of sp³-hybridized carbons (Fsp3) is 0.600. The van der Waals surface area contributed by atoms with Crippen LogP contribution >= 0.6 is 0 Å². The summed E-state index contributed by atoms with van der Waals surface area (Å²) in [5.41, 5.74) is -1.09. The minimum atomic E-state index is -4.66. The molecule has 2 unspecified atom stereocenters. The highest BCUT2D eigenvalue weighted by Gasteiger charge is 2.36. The van der Waals surface area contributed by atoms with Crippen molar-refractivity contribution in [2.75, 3.05) is 6.54 Å². The fourth-order valence-corrected chi connectivity index (χ4v) is 2.47. The molecule has 0 amide bonds. The summed E-state index contributed by atoms with van der Waals surface area (Å²) in [7, 11) is 0. The first-order chi connectivity index (χ1) is 9.32. The summed E-state index contributed by atoms with van der Waals surface area (Å²) in [6, 6.07) is 3.09. The minimum absolute atomic E-state index is 0.0675. The van der Waals surface area contributed by atoms with E-state index in [1.807, 2.05) is 20.8 Å². The molecule has 0 radical (unpaired) electrons. The maximum atomic E-state index is 14.2. The summed E-state index contributed by atoms with van der Waals surface area (Å²) in [5, 5.41) is 3.10. The van der Waals surface area contributed by atoms with Gasteiger partial charge >= 0.3 is 6.18 Å². The van der Waals surface area contributed by atoms with E-state index in [1.54, 1.807) is 0 Å². The topological polar surface area (TPSA) is 12.0 Å². The Hall–Kier alpha value is -1.10. The molecule has 0 bridgehead atoms. The lowest BCUT2D eigenvalue weighted by Crippen LogP contribution is -2.28. The Morgan fingerprint density at radius 2 is 1.85 bits per heavy atom. The maximum absolute atomic E-state index is 14.2. The van der Waals surface area contributed by atoms with Gasteiger partial charge in [-0.2, -0.15) is 13.2 Å². The van der Waals surface area contributed by atoms with Gasteiger partial charge in [-0.05, 0) is 24.9 Å². The molecule has 1 rings (SSSR count). The number of benzene rings is 1. The fourth-order valence-electron chi connectivity index (χ4n) is 2.47. The number of halogens is 4. The normalized spacial score (nSPS) is 15.2.